The van der Waals surface area contributed by atoms with E-state index in [0.717, 1.165) is 16.7 Å². The zero-order valence-corrected chi connectivity index (χ0v) is 17.9. The highest BCUT2D eigenvalue weighted by Crippen LogP contribution is 2.23. The third-order valence-corrected chi connectivity index (χ3v) is 4.84. The fraction of sp³-hybridized carbons (Fsp3) is 0.115. The summed E-state index contributed by atoms with van der Waals surface area (Å²) in [5.41, 5.74) is 3.74. The van der Waals surface area contributed by atoms with E-state index in [9.17, 15) is 19.5 Å². The maximum absolute atomic E-state index is 12.4. The highest BCUT2D eigenvalue weighted by molar-refractivity contribution is 6.07. The number of carbonyl (C=O) groups excluding carboxylic acids is 3. The Morgan fingerprint density at radius 2 is 1.47 bits per heavy atom. The smallest absolute Gasteiger partial charge is 0.251 e. The third kappa shape index (κ3) is 5.92. The van der Waals surface area contributed by atoms with Crippen molar-refractivity contribution in [1.29, 1.82) is 0 Å². The quantitative estimate of drug-likeness (QED) is 0.387. The monoisotopic (exact) mass is 428 g/mol. The molecule has 3 N–H and O–H groups in total. The van der Waals surface area contributed by atoms with Crippen LogP contribution in [0.1, 0.15) is 37.4 Å². The van der Waals surface area contributed by atoms with Gasteiger partial charge in [0, 0.05) is 16.8 Å². The normalized spacial score (nSPS) is 10.7. The van der Waals surface area contributed by atoms with E-state index in [2.05, 4.69) is 10.6 Å². The first-order chi connectivity index (χ1) is 15.3. The number of para-hydroxylation sites is 1. The number of hydrogen-bond acceptors (Lipinski definition) is 4. The van der Waals surface area contributed by atoms with Gasteiger partial charge in [0.25, 0.3) is 5.91 Å². The second-order valence-corrected chi connectivity index (χ2v) is 7.38. The number of benzene rings is 3. The number of carbonyl (C=O) groups is 3. The fourth-order valence-corrected chi connectivity index (χ4v) is 3.13. The van der Waals surface area contributed by atoms with E-state index in [0.29, 0.717) is 16.8 Å². The van der Waals surface area contributed by atoms with Gasteiger partial charge in [0.2, 0.25) is 5.91 Å². The molecular formula is C26H24N2O4. The molecule has 0 spiro atoms. The fourth-order valence-electron chi connectivity index (χ4n) is 3.13. The van der Waals surface area contributed by atoms with E-state index < -0.39 is 5.91 Å². The Morgan fingerprint density at radius 3 is 2.09 bits per heavy atom. The predicted octanol–water partition coefficient (Wildman–Crippen LogP) is 4.27. The number of anilines is 1. The van der Waals surface area contributed by atoms with Crippen LogP contribution in [0.15, 0.2) is 72.8 Å². The molecule has 6 nitrogen and oxygen atoms in total. The highest BCUT2D eigenvalue weighted by Gasteiger charge is 2.10. The first kappa shape index (κ1) is 22.5. The molecule has 162 valence electrons. The Kier molecular flexibility index (Phi) is 7.18. The lowest BCUT2D eigenvalue weighted by molar-refractivity contribution is -0.115. The van der Waals surface area contributed by atoms with Crippen LogP contribution in [0.4, 0.5) is 5.69 Å². The van der Waals surface area contributed by atoms with Gasteiger partial charge in [-0.05, 0) is 73.0 Å². The van der Waals surface area contributed by atoms with Crippen molar-refractivity contribution >= 4 is 29.4 Å². The van der Waals surface area contributed by atoms with Crippen molar-refractivity contribution in [3.8, 4) is 5.75 Å². The number of amides is 2. The molecule has 0 saturated carbocycles. The zero-order chi connectivity index (χ0) is 23.1. The van der Waals surface area contributed by atoms with Crippen LogP contribution in [0.2, 0.25) is 0 Å². The molecule has 2 amide bonds. The first-order valence-electron chi connectivity index (χ1n) is 10.1. The minimum Gasteiger partial charge on any atom is -0.507 e. The van der Waals surface area contributed by atoms with Crippen molar-refractivity contribution in [3.63, 3.8) is 0 Å². The standard InChI is InChI=1S/C26H24N2O4/c1-17-14-19(15-18(2)25(17)31)8-13-23(29)20-9-11-21(12-10-20)26(32)27-16-24(30)28-22-6-4-3-5-7-22/h3-15,31H,16H2,1-2H3,(H,27,32)(H,28,30)/b13-8+. The third-order valence-electron chi connectivity index (χ3n) is 4.84. The summed E-state index contributed by atoms with van der Waals surface area (Å²) >= 11 is 0. The molecule has 0 unspecified atom stereocenters. The van der Waals surface area contributed by atoms with Crippen molar-refractivity contribution in [1.82, 2.24) is 5.32 Å². The lowest BCUT2D eigenvalue weighted by Gasteiger charge is -2.07. The van der Waals surface area contributed by atoms with Crippen LogP contribution < -0.4 is 10.6 Å². The summed E-state index contributed by atoms with van der Waals surface area (Å²) in [6, 6.07) is 18.8. The van der Waals surface area contributed by atoms with Crippen molar-refractivity contribution in [3.05, 3.63) is 101 Å². The SMILES string of the molecule is Cc1cc(/C=C/C(=O)c2ccc(C(=O)NCC(=O)Nc3ccccc3)cc2)cc(C)c1O. The molecule has 3 rings (SSSR count). The molecule has 0 aliphatic carbocycles. The summed E-state index contributed by atoms with van der Waals surface area (Å²) in [6.45, 7) is 3.44. The van der Waals surface area contributed by atoms with Crippen molar-refractivity contribution in [2.24, 2.45) is 0 Å². The van der Waals surface area contributed by atoms with Crippen LogP contribution in [0, 0.1) is 13.8 Å². The van der Waals surface area contributed by atoms with E-state index in [-0.39, 0.29) is 24.0 Å². The summed E-state index contributed by atoms with van der Waals surface area (Å²) in [6.07, 6.45) is 3.14. The summed E-state index contributed by atoms with van der Waals surface area (Å²) < 4.78 is 0. The van der Waals surface area contributed by atoms with Gasteiger partial charge in [0.05, 0.1) is 6.54 Å². The Balaban J connectivity index is 1.56. The minimum atomic E-state index is -0.405. The molecule has 32 heavy (non-hydrogen) atoms. The highest BCUT2D eigenvalue weighted by atomic mass is 16.3. The van der Waals surface area contributed by atoms with Crippen LogP contribution in [0.25, 0.3) is 6.08 Å². The van der Waals surface area contributed by atoms with Gasteiger partial charge >= 0.3 is 0 Å². The molecule has 0 aliphatic heterocycles. The lowest BCUT2D eigenvalue weighted by atomic mass is 10.0. The number of phenols is 1. The minimum absolute atomic E-state index is 0.164. The maximum Gasteiger partial charge on any atom is 0.251 e. The second-order valence-electron chi connectivity index (χ2n) is 7.38. The van der Waals surface area contributed by atoms with Gasteiger partial charge in [0.1, 0.15) is 5.75 Å². The number of hydrogen-bond donors (Lipinski definition) is 3. The Labute approximate surface area is 186 Å². The van der Waals surface area contributed by atoms with E-state index >= 15 is 0 Å². The zero-order valence-electron chi connectivity index (χ0n) is 17.9. The lowest BCUT2D eigenvalue weighted by Crippen LogP contribution is -2.32. The number of phenolic OH excluding ortho intramolecular Hbond substituents is 1. The number of ketones is 1. The van der Waals surface area contributed by atoms with Crippen molar-refractivity contribution in [2.75, 3.05) is 11.9 Å². The number of rotatable bonds is 7. The Bertz CT molecular complexity index is 1140. The number of allylic oxidation sites excluding steroid dienone is 1. The predicted molar refractivity (Wildman–Crippen MR) is 125 cm³/mol. The number of nitrogens with one attached hydrogen (secondary N) is 2. The van der Waals surface area contributed by atoms with Gasteiger partial charge in [-0.15, -0.1) is 0 Å². The molecule has 0 fully saturated rings. The summed E-state index contributed by atoms with van der Waals surface area (Å²) in [5, 5.41) is 15.1. The van der Waals surface area contributed by atoms with Gasteiger partial charge < -0.3 is 15.7 Å². The van der Waals surface area contributed by atoms with Gasteiger partial charge in [0.15, 0.2) is 5.78 Å². The summed E-state index contributed by atoms with van der Waals surface area (Å²) in [7, 11) is 0. The molecule has 0 aromatic heterocycles. The topological polar surface area (TPSA) is 95.5 Å². The molecular weight excluding hydrogens is 404 g/mol. The van der Waals surface area contributed by atoms with Crippen molar-refractivity contribution < 1.29 is 19.5 Å². The van der Waals surface area contributed by atoms with E-state index in [1.54, 1.807) is 80.6 Å². The molecule has 3 aromatic rings. The molecule has 0 saturated heterocycles. The molecule has 0 heterocycles. The van der Waals surface area contributed by atoms with Crippen LogP contribution in [-0.2, 0) is 4.79 Å². The van der Waals surface area contributed by atoms with Gasteiger partial charge in [-0.1, -0.05) is 36.4 Å². The Morgan fingerprint density at radius 1 is 0.875 bits per heavy atom. The average molecular weight is 428 g/mol. The maximum atomic E-state index is 12.4. The Hall–Kier alpha value is -4.19. The van der Waals surface area contributed by atoms with Crippen LogP contribution in [0.5, 0.6) is 5.75 Å². The molecule has 0 aliphatic rings. The van der Waals surface area contributed by atoms with E-state index in [1.165, 1.54) is 6.08 Å². The van der Waals surface area contributed by atoms with Crippen LogP contribution in [-0.4, -0.2) is 29.2 Å². The van der Waals surface area contributed by atoms with Gasteiger partial charge in [-0.25, -0.2) is 0 Å². The molecule has 0 atom stereocenters. The molecule has 0 radical (unpaired) electrons. The summed E-state index contributed by atoms with van der Waals surface area (Å²) in [5.74, 6) is -0.693. The average Bonchev–Trinajstić information content (AvgIpc) is 2.80. The van der Waals surface area contributed by atoms with E-state index in [1.807, 2.05) is 6.07 Å². The van der Waals surface area contributed by atoms with Gasteiger partial charge in [-0.2, -0.15) is 0 Å². The molecule has 6 heteroatoms. The summed E-state index contributed by atoms with van der Waals surface area (Å²) in [4.78, 5) is 36.7. The number of aryl methyl sites for hydroxylation is 2. The first-order valence-corrected chi connectivity index (χ1v) is 10.1. The molecule has 0 bridgehead atoms. The van der Waals surface area contributed by atoms with E-state index in [4.69, 9.17) is 0 Å². The molecule has 3 aromatic carbocycles. The largest absolute Gasteiger partial charge is 0.507 e. The second kappa shape index (κ2) is 10.2. The number of aromatic hydroxyl groups is 1. The van der Waals surface area contributed by atoms with Crippen molar-refractivity contribution in [2.45, 2.75) is 13.8 Å². The van der Waals surface area contributed by atoms with Crippen LogP contribution in [0.3, 0.4) is 0 Å². The van der Waals surface area contributed by atoms with Gasteiger partial charge in [-0.3, -0.25) is 14.4 Å². The van der Waals surface area contributed by atoms with Crippen LogP contribution >= 0.6 is 0 Å².